The molecule has 1 amide bonds. The summed E-state index contributed by atoms with van der Waals surface area (Å²) in [6.45, 7) is 3.42. The SMILES string of the molecule is Cc1ccnn1-c1ccc(C(=O)O[C@@H](C)C(=O)Nc2cccc(C#N)c2)cc1. The van der Waals surface area contributed by atoms with E-state index in [0.717, 1.165) is 11.4 Å². The molecular weight excluding hydrogens is 356 g/mol. The molecule has 0 saturated carbocycles. The molecule has 7 heteroatoms. The fraction of sp³-hybridized carbons (Fsp3) is 0.143. The van der Waals surface area contributed by atoms with Crippen molar-refractivity contribution in [1.29, 1.82) is 5.26 Å². The van der Waals surface area contributed by atoms with Crippen LogP contribution in [0.3, 0.4) is 0 Å². The van der Waals surface area contributed by atoms with Crippen LogP contribution in [0.2, 0.25) is 0 Å². The monoisotopic (exact) mass is 374 g/mol. The number of hydrogen-bond acceptors (Lipinski definition) is 5. The van der Waals surface area contributed by atoms with Crippen molar-refractivity contribution in [2.45, 2.75) is 20.0 Å². The van der Waals surface area contributed by atoms with Crippen LogP contribution in [0.5, 0.6) is 0 Å². The maximum Gasteiger partial charge on any atom is 0.338 e. The van der Waals surface area contributed by atoms with Crippen LogP contribution in [-0.2, 0) is 9.53 Å². The number of benzene rings is 2. The van der Waals surface area contributed by atoms with Gasteiger partial charge < -0.3 is 10.1 Å². The van der Waals surface area contributed by atoms with Crippen LogP contribution in [0.4, 0.5) is 5.69 Å². The van der Waals surface area contributed by atoms with E-state index in [2.05, 4.69) is 10.4 Å². The van der Waals surface area contributed by atoms with Gasteiger partial charge in [-0.25, -0.2) is 9.48 Å². The quantitative estimate of drug-likeness (QED) is 0.692. The molecule has 0 saturated heterocycles. The van der Waals surface area contributed by atoms with Crippen LogP contribution >= 0.6 is 0 Å². The maximum absolute atomic E-state index is 12.3. The van der Waals surface area contributed by atoms with Gasteiger partial charge in [-0.15, -0.1) is 0 Å². The molecule has 3 aromatic rings. The number of hydrogen-bond donors (Lipinski definition) is 1. The minimum atomic E-state index is -0.994. The molecule has 0 spiro atoms. The zero-order valence-corrected chi connectivity index (χ0v) is 15.4. The molecule has 1 N–H and O–H groups in total. The number of nitrogens with zero attached hydrogens (tertiary/aromatic N) is 3. The number of aryl methyl sites for hydroxylation is 1. The second kappa shape index (κ2) is 8.18. The van der Waals surface area contributed by atoms with E-state index in [9.17, 15) is 9.59 Å². The Morgan fingerprint density at radius 2 is 1.93 bits per heavy atom. The topological polar surface area (TPSA) is 97.0 Å². The predicted molar refractivity (Wildman–Crippen MR) is 103 cm³/mol. The van der Waals surface area contributed by atoms with Gasteiger partial charge >= 0.3 is 5.97 Å². The van der Waals surface area contributed by atoms with E-state index in [-0.39, 0.29) is 0 Å². The number of esters is 1. The lowest BCUT2D eigenvalue weighted by Gasteiger charge is -2.14. The highest BCUT2D eigenvalue weighted by Crippen LogP contribution is 2.14. The van der Waals surface area contributed by atoms with E-state index < -0.39 is 18.0 Å². The van der Waals surface area contributed by atoms with Gasteiger partial charge in [-0.05, 0) is 62.4 Å². The third-order valence-electron chi connectivity index (χ3n) is 4.09. The Labute approximate surface area is 162 Å². The van der Waals surface area contributed by atoms with Gasteiger partial charge in [0.15, 0.2) is 6.10 Å². The van der Waals surface area contributed by atoms with Crippen LogP contribution in [0, 0.1) is 18.3 Å². The Bertz CT molecular complexity index is 1050. The van der Waals surface area contributed by atoms with Gasteiger partial charge in [-0.3, -0.25) is 4.79 Å². The summed E-state index contributed by atoms with van der Waals surface area (Å²) < 4.78 is 6.99. The minimum Gasteiger partial charge on any atom is -0.449 e. The lowest BCUT2D eigenvalue weighted by Crippen LogP contribution is -2.30. The van der Waals surface area contributed by atoms with Crippen molar-refractivity contribution in [2.75, 3.05) is 5.32 Å². The van der Waals surface area contributed by atoms with Crippen LogP contribution in [0.25, 0.3) is 5.69 Å². The van der Waals surface area contributed by atoms with Crippen LogP contribution < -0.4 is 5.32 Å². The summed E-state index contributed by atoms with van der Waals surface area (Å²) in [7, 11) is 0. The van der Waals surface area contributed by atoms with Crippen molar-refractivity contribution in [3.8, 4) is 11.8 Å². The number of carbonyl (C=O) groups excluding carboxylic acids is 2. The Morgan fingerprint density at radius 3 is 2.57 bits per heavy atom. The molecule has 1 heterocycles. The largest absolute Gasteiger partial charge is 0.449 e. The van der Waals surface area contributed by atoms with E-state index in [1.165, 1.54) is 6.92 Å². The van der Waals surface area contributed by atoms with Crippen molar-refractivity contribution >= 4 is 17.6 Å². The van der Waals surface area contributed by atoms with Gasteiger partial charge in [-0.1, -0.05) is 6.07 Å². The summed E-state index contributed by atoms with van der Waals surface area (Å²) in [5.41, 5.74) is 3.02. The second-order valence-electron chi connectivity index (χ2n) is 6.16. The zero-order chi connectivity index (χ0) is 20.1. The zero-order valence-electron chi connectivity index (χ0n) is 15.4. The Balaban J connectivity index is 1.62. The third-order valence-corrected chi connectivity index (χ3v) is 4.09. The highest BCUT2D eigenvalue weighted by molar-refractivity contribution is 5.97. The molecule has 0 radical (unpaired) electrons. The van der Waals surface area contributed by atoms with Crippen molar-refractivity contribution in [3.05, 3.63) is 77.6 Å². The molecule has 1 atom stereocenters. The first-order chi connectivity index (χ1) is 13.5. The first-order valence-corrected chi connectivity index (χ1v) is 8.61. The molecule has 0 aliphatic rings. The lowest BCUT2D eigenvalue weighted by atomic mass is 10.2. The summed E-state index contributed by atoms with van der Waals surface area (Å²) >= 11 is 0. The van der Waals surface area contributed by atoms with Gasteiger partial charge in [0.2, 0.25) is 0 Å². The molecule has 0 fully saturated rings. The smallest absolute Gasteiger partial charge is 0.338 e. The van der Waals surface area contributed by atoms with Gasteiger partial charge in [0.1, 0.15) is 0 Å². The maximum atomic E-state index is 12.3. The molecule has 140 valence electrons. The van der Waals surface area contributed by atoms with Gasteiger partial charge in [0.05, 0.1) is 22.9 Å². The van der Waals surface area contributed by atoms with E-state index in [1.54, 1.807) is 59.4 Å². The molecule has 3 rings (SSSR count). The number of anilines is 1. The van der Waals surface area contributed by atoms with Crippen molar-refractivity contribution in [2.24, 2.45) is 0 Å². The summed E-state index contributed by atoms with van der Waals surface area (Å²) in [5.74, 6) is -1.08. The minimum absolute atomic E-state index is 0.333. The van der Waals surface area contributed by atoms with Crippen LogP contribution in [0.15, 0.2) is 60.8 Å². The predicted octanol–water partition coefficient (Wildman–Crippen LogP) is 3.24. The average Bonchev–Trinajstić information content (AvgIpc) is 3.14. The lowest BCUT2D eigenvalue weighted by molar-refractivity contribution is -0.123. The van der Waals surface area contributed by atoms with Crippen molar-refractivity contribution in [1.82, 2.24) is 9.78 Å². The Hall–Kier alpha value is -3.92. The molecule has 0 bridgehead atoms. The fourth-order valence-corrected chi connectivity index (χ4v) is 2.57. The molecule has 0 aliphatic carbocycles. The number of amides is 1. The molecule has 7 nitrogen and oxygen atoms in total. The summed E-state index contributed by atoms with van der Waals surface area (Å²) in [4.78, 5) is 24.6. The summed E-state index contributed by atoms with van der Waals surface area (Å²) in [5, 5.41) is 15.7. The molecule has 28 heavy (non-hydrogen) atoms. The second-order valence-corrected chi connectivity index (χ2v) is 6.16. The Kier molecular flexibility index (Phi) is 5.51. The number of carbonyl (C=O) groups is 2. The molecule has 1 aromatic heterocycles. The highest BCUT2D eigenvalue weighted by Gasteiger charge is 2.19. The summed E-state index contributed by atoms with van der Waals surface area (Å²) in [6, 6.07) is 17.1. The molecular formula is C21H18N4O3. The third kappa shape index (κ3) is 4.24. The van der Waals surface area contributed by atoms with Crippen LogP contribution in [0.1, 0.15) is 28.5 Å². The van der Waals surface area contributed by atoms with Crippen LogP contribution in [-0.4, -0.2) is 27.8 Å². The van der Waals surface area contributed by atoms with Crippen molar-refractivity contribution < 1.29 is 14.3 Å². The van der Waals surface area contributed by atoms with E-state index >= 15 is 0 Å². The van der Waals surface area contributed by atoms with Gasteiger partial charge in [-0.2, -0.15) is 10.4 Å². The normalized spacial score (nSPS) is 11.3. The Morgan fingerprint density at radius 1 is 1.18 bits per heavy atom. The number of nitriles is 1. The number of nitrogens with one attached hydrogen (secondary N) is 1. The van der Waals surface area contributed by atoms with E-state index in [1.807, 2.05) is 19.1 Å². The fourth-order valence-electron chi connectivity index (χ4n) is 2.57. The van der Waals surface area contributed by atoms with Gasteiger partial charge in [0.25, 0.3) is 5.91 Å². The molecule has 2 aromatic carbocycles. The number of ether oxygens (including phenoxy) is 1. The average molecular weight is 374 g/mol. The molecule has 0 aliphatic heterocycles. The van der Waals surface area contributed by atoms with E-state index in [4.69, 9.17) is 10.00 Å². The first-order valence-electron chi connectivity index (χ1n) is 8.61. The number of rotatable bonds is 5. The van der Waals surface area contributed by atoms with E-state index in [0.29, 0.717) is 16.8 Å². The number of aromatic nitrogens is 2. The van der Waals surface area contributed by atoms with Crippen molar-refractivity contribution in [3.63, 3.8) is 0 Å². The highest BCUT2D eigenvalue weighted by atomic mass is 16.5. The van der Waals surface area contributed by atoms with Gasteiger partial charge in [0, 0.05) is 17.6 Å². The molecule has 0 unspecified atom stereocenters. The standard InChI is InChI=1S/C21H18N4O3/c1-14-10-11-23-25(14)19-8-6-17(7-9-19)21(27)28-15(2)20(26)24-18-5-3-4-16(12-18)13-22/h3-12,15H,1-2H3,(H,24,26)/t15-/m0/s1. The first kappa shape index (κ1) is 18.9. The summed E-state index contributed by atoms with van der Waals surface area (Å²) in [6.07, 6.45) is 0.704.